The summed E-state index contributed by atoms with van der Waals surface area (Å²) in [5.41, 5.74) is 0.666. The summed E-state index contributed by atoms with van der Waals surface area (Å²) in [6.45, 7) is 4.17. The molecule has 0 saturated carbocycles. The van der Waals surface area contributed by atoms with E-state index in [1.54, 1.807) is 10.9 Å². The zero-order chi connectivity index (χ0) is 13.7. The molecular weight excluding hydrogens is 296 g/mol. The van der Waals surface area contributed by atoms with Gasteiger partial charge in [0.1, 0.15) is 5.69 Å². The van der Waals surface area contributed by atoms with Crippen molar-refractivity contribution in [1.29, 1.82) is 0 Å². The van der Waals surface area contributed by atoms with E-state index in [-0.39, 0.29) is 11.7 Å². The highest BCUT2D eigenvalue weighted by Gasteiger charge is 2.22. The van der Waals surface area contributed by atoms with Crippen molar-refractivity contribution in [2.24, 2.45) is 5.92 Å². The number of carbonyl (C=O) groups is 1. The average molecular weight is 317 g/mol. The Morgan fingerprint density at radius 3 is 2.83 bits per heavy atom. The first-order chi connectivity index (χ1) is 8.47. The molecule has 0 radical (unpaired) electrons. The van der Waals surface area contributed by atoms with Crippen LogP contribution in [0.2, 0.25) is 0 Å². The summed E-state index contributed by atoms with van der Waals surface area (Å²) >= 11 is 3.41. The van der Waals surface area contributed by atoms with Crippen LogP contribution in [0.15, 0.2) is 10.7 Å². The maximum absolute atomic E-state index is 12.3. The number of nitrogens with zero attached hydrogens (tertiary/aromatic N) is 3. The zero-order valence-electron chi connectivity index (χ0n) is 11.4. The number of halogens is 1. The van der Waals surface area contributed by atoms with Crippen LogP contribution in [0.25, 0.3) is 0 Å². The molecule has 1 aromatic heterocycles. The van der Waals surface area contributed by atoms with E-state index in [0.29, 0.717) is 18.8 Å². The van der Waals surface area contributed by atoms with Crippen LogP contribution in [-0.2, 0) is 6.54 Å². The number of hydrogen-bond acceptors (Lipinski definition) is 4. The third-order valence-electron chi connectivity index (χ3n) is 2.75. The molecular formula is C12H21BrN4O. The lowest BCUT2D eigenvalue weighted by Gasteiger charge is -2.14. The third-order valence-corrected chi connectivity index (χ3v) is 3.33. The Labute approximate surface area is 117 Å². The van der Waals surface area contributed by atoms with Crippen molar-refractivity contribution in [2.75, 3.05) is 34.2 Å². The molecule has 5 nitrogen and oxygen atoms in total. The van der Waals surface area contributed by atoms with Gasteiger partial charge in [0.25, 0.3) is 0 Å². The van der Waals surface area contributed by atoms with Crippen LogP contribution in [0.3, 0.4) is 0 Å². The Hall–Kier alpha value is -0.720. The first-order valence-electron chi connectivity index (χ1n) is 6.02. The van der Waals surface area contributed by atoms with E-state index in [1.807, 2.05) is 28.1 Å². The quantitative estimate of drug-likeness (QED) is 0.769. The molecule has 0 aliphatic carbocycles. The van der Waals surface area contributed by atoms with Crippen molar-refractivity contribution in [2.45, 2.75) is 13.5 Å². The molecule has 102 valence electrons. The van der Waals surface area contributed by atoms with E-state index in [0.717, 1.165) is 11.0 Å². The Morgan fingerprint density at radius 1 is 1.61 bits per heavy atom. The van der Waals surface area contributed by atoms with Crippen LogP contribution < -0.4 is 5.32 Å². The van der Waals surface area contributed by atoms with Crippen LogP contribution in [0.1, 0.15) is 17.4 Å². The highest BCUT2D eigenvalue weighted by atomic mass is 79.9. The monoisotopic (exact) mass is 316 g/mol. The standard InChI is InChI=1S/C12H21BrN4O/c1-9(7-14-2)12(18)11-10(13)8-15-17(11)6-5-16(3)4/h8-9,14H,5-7H2,1-4H3. The Balaban J connectivity index is 2.86. The van der Waals surface area contributed by atoms with Gasteiger partial charge in [0.15, 0.2) is 5.78 Å². The molecule has 0 aliphatic rings. The topological polar surface area (TPSA) is 50.2 Å². The summed E-state index contributed by atoms with van der Waals surface area (Å²) in [6.07, 6.45) is 1.69. The lowest BCUT2D eigenvalue weighted by molar-refractivity contribution is 0.0917. The highest BCUT2D eigenvalue weighted by Crippen LogP contribution is 2.19. The Morgan fingerprint density at radius 2 is 2.28 bits per heavy atom. The SMILES string of the molecule is CNCC(C)C(=O)c1c(Br)cnn1CCN(C)C. The number of ketones is 1. The highest BCUT2D eigenvalue weighted by molar-refractivity contribution is 9.10. The van der Waals surface area contributed by atoms with E-state index in [1.165, 1.54) is 0 Å². The first kappa shape index (κ1) is 15.3. The van der Waals surface area contributed by atoms with Crippen molar-refractivity contribution in [3.63, 3.8) is 0 Å². The van der Waals surface area contributed by atoms with E-state index in [2.05, 4.69) is 31.2 Å². The normalized spacial score (nSPS) is 13.0. The van der Waals surface area contributed by atoms with E-state index >= 15 is 0 Å². The number of carbonyl (C=O) groups excluding carboxylic acids is 1. The molecule has 1 heterocycles. The second kappa shape index (κ2) is 7.01. The van der Waals surface area contributed by atoms with E-state index < -0.39 is 0 Å². The lowest BCUT2D eigenvalue weighted by atomic mass is 10.0. The van der Waals surface area contributed by atoms with Gasteiger partial charge in [0.2, 0.25) is 0 Å². The molecule has 0 spiro atoms. The summed E-state index contributed by atoms with van der Waals surface area (Å²) in [4.78, 5) is 14.4. The fourth-order valence-electron chi connectivity index (χ4n) is 1.70. The van der Waals surface area contributed by atoms with Crippen molar-refractivity contribution >= 4 is 21.7 Å². The van der Waals surface area contributed by atoms with Crippen molar-refractivity contribution in [3.8, 4) is 0 Å². The molecule has 0 bridgehead atoms. The lowest BCUT2D eigenvalue weighted by Crippen LogP contribution is -2.27. The predicted octanol–water partition coefficient (Wildman–Crippen LogP) is 1.25. The number of rotatable bonds is 7. The summed E-state index contributed by atoms with van der Waals surface area (Å²) in [7, 11) is 5.86. The average Bonchev–Trinajstić information content (AvgIpc) is 2.67. The van der Waals surface area contributed by atoms with Crippen LogP contribution in [-0.4, -0.2) is 54.7 Å². The van der Waals surface area contributed by atoms with Gasteiger partial charge in [0, 0.05) is 19.0 Å². The van der Waals surface area contributed by atoms with Crippen LogP contribution >= 0.6 is 15.9 Å². The second-order valence-corrected chi connectivity index (χ2v) is 5.54. The largest absolute Gasteiger partial charge is 0.319 e. The third kappa shape index (κ3) is 3.90. The maximum Gasteiger partial charge on any atom is 0.186 e. The molecule has 0 aromatic carbocycles. The number of aromatic nitrogens is 2. The van der Waals surface area contributed by atoms with Crippen LogP contribution in [0.5, 0.6) is 0 Å². The minimum Gasteiger partial charge on any atom is -0.319 e. The van der Waals surface area contributed by atoms with Crippen molar-refractivity contribution in [3.05, 3.63) is 16.4 Å². The molecule has 6 heteroatoms. The molecule has 0 saturated heterocycles. The van der Waals surface area contributed by atoms with Gasteiger partial charge in [-0.3, -0.25) is 9.48 Å². The molecule has 0 aliphatic heterocycles. The van der Waals surface area contributed by atoms with E-state index in [9.17, 15) is 4.79 Å². The molecule has 1 rings (SSSR count). The Bertz CT molecular complexity index is 403. The number of nitrogens with one attached hydrogen (secondary N) is 1. The van der Waals surface area contributed by atoms with Gasteiger partial charge in [-0.15, -0.1) is 0 Å². The fraction of sp³-hybridized carbons (Fsp3) is 0.667. The van der Waals surface area contributed by atoms with Crippen molar-refractivity contribution in [1.82, 2.24) is 20.0 Å². The summed E-state index contributed by atoms with van der Waals surface area (Å²) < 4.78 is 2.55. The minimum atomic E-state index is -0.0545. The molecule has 1 N–H and O–H groups in total. The zero-order valence-corrected chi connectivity index (χ0v) is 13.0. The van der Waals surface area contributed by atoms with Gasteiger partial charge in [-0.05, 0) is 37.1 Å². The molecule has 0 amide bonds. The summed E-state index contributed by atoms with van der Waals surface area (Å²) in [6, 6.07) is 0. The number of likely N-dealkylation sites (N-methyl/N-ethyl adjacent to an activating group) is 1. The molecule has 1 unspecified atom stereocenters. The first-order valence-corrected chi connectivity index (χ1v) is 6.81. The fourth-order valence-corrected chi connectivity index (χ4v) is 2.20. The molecule has 0 fully saturated rings. The van der Waals surface area contributed by atoms with E-state index in [4.69, 9.17) is 0 Å². The summed E-state index contributed by atoms with van der Waals surface area (Å²) in [5.74, 6) is 0.0635. The van der Waals surface area contributed by atoms with Gasteiger partial charge in [0.05, 0.1) is 17.2 Å². The Kier molecular flexibility index (Phi) is 5.98. The van der Waals surface area contributed by atoms with Gasteiger partial charge in [-0.25, -0.2) is 0 Å². The van der Waals surface area contributed by atoms with Crippen LogP contribution in [0.4, 0.5) is 0 Å². The smallest absolute Gasteiger partial charge is 0.186 e. The van der Waals surface area contributed by atoms with Gasteiger partial charge in [-0.1, -0.05) is 6.92 Å². The molecule has 1 aromatic rings. The molecule has 18 heavy (non-hydrogen) atoms. The molecule has 1 atom stereocenters. The van der Waals surface area contributed by atoms with Gasteiger partial charge >= 0.3 is 0 Å². The van der Waals surface area contributed by atoms with Gasteiger partial charge < -0.3 is 10.2 Å². The minimum absolute atomic E-state index is 0.0545. The second-order valence-electron chi connectivity index (χ2n) is 4.69. The van der Waals surface area contributed by atoms with Crippen LogP contribution in [0, 0.1) is 5.92 Å². The maximum atomic E-state index is 12.3. The predicted molar refractivity (Wildman–Crippen MR) is 75.9 cm³/mol. The van der Waals surface area contributed by atoms with Gasteiger partial charge in [-0.2, -0.15) is 5.10 Å². The number of hydrogen-bond donors (Lipinski definition) is 1. The summed E-state index contributed by atoms with van der Waals surface area (Å²) in [5, 5.41) is 7.28. The van der Waals surface area contributed by atoms with Crippen molar-refractivity contribution < 1.29 is 4.79 Å². The number of Topliss-reactive ketones (excluding diaryl/α,β-unsaturated/α-hetero) is 1.